The molecule has 0 bridgehead atoms. The average Bonchev–Trinajstić information content (AvgIpc) is 3.46. The van der Waals surface area contributed by atoms with Crippen LogP contribution in [0.2, 0.25) is 0 Å². The summed E-state index contributed by atoms with van der Waals surface area (Å²) in [5, 5.41) is 9.33. The molecule has 1 aromatic heterocycles. The van der Waals surface area contributed by atoms with Crippen LogP contribution < -0.4 is 21.4 Å². The molecule has 12 heteroatoms. The highest BCUT2D eigenvalue weighted by atomic mass is 32.2. The number of hydrogen-bond acceptors (Lipinski definition) is 6. The van der Waals surface area contributed by atoms with E-state index in [0.29, 0.717) is 24.6 Å². The Labute approximate surface area is 186 Å². The van der Waals surface area contributed by atoms with Crippen LogP contribution in [0.25, 0.3) is 0 Å². The molecule has 3 heterocycles. The minimum absolute atomic E-state index is 0.0604. The number of fused-ring (bicyclic) bond motifs is 1. The molecule has 31 heavy (non-hydrogen) atoms. The fourth-order valence-electron chi connectivity index (χ4n) is 3.83. The SMILES string of the molecule is O=C(CCCC[C@@H]1SC[C@@H]2NC(=O)N[C@@H]21)NCCCCCCOP(=O)(O)c1cnc[nH]1. The van der Waals surface area contributed by atoms with Crippen molar-refractivity contribution in [2.45, 2.75) is 68.7 Å². The number of nitrogens with zero attached hydrogens (tertiary/aromatic N) is 1. The van der Waals surface area contributed by atoms with E-state index in [1.54, 1.807) is 0 Å². The summed E-state index contributed by atoms with van der Waals surface area (Å²) < 4.78 is 17.0. The van der Waals surface area contributed by atoms with Crippen LogP contribution in [0.15, 0.2) is 12.5 Å². The van der Waals surface area contributed by atoms with Crippen molar-refractivity contribution in [3.05, 3.63) is 12.5 Å². The molecule has 2 saturated heterocycles. The topological polar surface area (TPSA) is 145 Å². The minimum Gasteiger partial charge on any atom is -0.356 e. The predicted molar refractivity (Wildman–Crippen MR) is 119 cm³/mol. The summed E-state index contributed by atoms with van der Waals surface area (Å²) in [6.07, 6.45) is 9.37. The number of carbonyl (C=O) groups excluding carboxylic acids is 2. The summed E-state index contributed by atoms with van der Waals surface area (Å²) in [7, 11) is -3.80. The number of rotatable bonds is 14. The van der Waals surface area contributed by atoms with Crippen molar-refractivity contribution in [1.29, 1.82) is 0 Å². The number of thioether (sulfide) groups is 1. The Morgan fingerprint density at radius 2 is 2.10 bits per heavy atom. The second kappa shape index (κ2) is 11.9. The average molecular weight is 474 g/mol. The number of urea groups is 1. The molecule has 2 aliphatic rings. The molecular weight excluding hydrogens is 441 g/mol. The third-order valence-electron chi connectivity index (χ3n) is 5.53. The van der Waals surface area contributed by atoms with Crippen LogP contribution in [0.3, 0.4) is 0 Å². The third-order valence-corrected chi connectivity index (χ3v) is 8.42. The zero-order chi connectivity index (χ0) is 22.1. The van der Waals surface area contributed by atoms with Crippen molar-refractivity contribution in [3.63, 3.8) is 0 Å². The van der Waals surface area contributed by atoms with Crippen LogP contribution >= 0.6 is 19.4 Å². The molecule has 0 spiro atoms. The molecule has 3 amide bonds. The van der Waals surface area contributed by atoms with Crippen molar-refractivity contribution < 1.29 is 23.6 Å². The number of imidazole rings is 1. The zero-order valence-corrected chi connectivity index (χ0v) is 19.3. The molecule has 2 aliphatic heterocycles. The van der Waals surface area contributed by atoms with Crippen molar-refractivity contribution in [2.24, 2.45) is 0 Å². The summed E-state index contributed by atoms with van der Waals surface area (Å²) in [6, 6.07) is 0.419. The quantitative estimate of drug-likeness (QED) is 0.157. The van der Waals surface area contributed by atoms with Crippen LogP contribution in [-0.2, 0) is 13.9 Å². The Bertz CT molecular complexity index is 765. The number of aromatic nitrogens is 2. The van der Waals surface area contributed by atoms with Gasteiger partial charge in [0, 0.05) is 24.0 Å². The highest BCUT2D eigenvalue weighted by Gasteiger charge is 2.42. The van der Waals surface area contributed by atoms with Gasteiger partial charge in [-0.15, -0.1) is 0 Å². The molecule has 3 rings (SSSR count). The first-order valence-electron chi connectivity index (χ1n) is 10.9. The smallest absolute Gasteiger partial charge is 0.356 e. The predicted octanol–water partition coefficient (Wildman–Crippen LogP) is 1.64. The normalized spacial score (nSPS) is 24.3. The molecule has 0 saturated carbocycles. The maximum Gasteiger partial charge on any atom is 0.376 e. The van der Waals surface area contributed by atoms with E-state index < -0.39 is 7.60 Å². The van der Waals surface area contributed by atoms with E-state index in [0.717, 1.165) is 44.3 Å². The van der Waals surface area contributed by atoms with Crippen LogP contribution in [0.5, 0.6) is 0 Å². The molecule has 174 valence electrons. The molecule has 0 aromatic carbocycles. The number of unbranched alkanes of at least 4 members (excludes halogenated alkanes) is 4. The Hall–Kier alpha value is -1.55. The van der Waals surface area contributed by atoms with Gasteiger partial charge in [0.05, 0.1) is 31.2 Å². The summed E-state index contributed by atoms with van der Waals surface area (Å²) in [6.45, 7) is 0.853. The van der Waals surface area contributed by atoms with Crippen LogP contribution in [-0.4, -0.2) is 63.0 Å². The first-order valence-corrected chi connectivity index (χ1v) is 13.5. The number of nitrogens with one attached hydrogen (secondary N) is 4. The number of carbonyl (C=O) groups is 2. The van der Waals surface area contributed by atoms with E-state index in [9.17, 15) is 19.0 Å². The van der Waals surface area contributed by atoms with Gasteiger partial charge in [0.25, 0.3) is 0 Å². The first-order chi connectivity index (χ1) is 15.0. The highest BCUT2D eigenvalue weighted by molar-refractivity contribution is 8.00. The number of hydrogen-bond donors (Lipinski definition) is 5. The molecule has 4 atom stereocenters. The fraction of sp³-hybridized carbons (Fsp3) is 0.737. The second-order valence-corrected chi connectivity index (χ2v) is 11.0. The number of aromatic amines is 1. The molecule has 5 N–H and O–H groups in total. The number of H-pyrrole nitrogens is 1. The van der Waals surface area contributed by atoms with Crippen LogP contribution in [0, 0.1) is 0 Å². The summed E-state index contributed by atoms with van der Waals surface area (Å²) in [4.78, 5) is 39.4. The van der Waals surface area contributed by atoms with Gasteiger partial charge in [-0.1, -0.05) is 19.3 Å². The van der Waals surface area contributed by atoms with E-state index in [4.69, 9.17) is 4.52 Å². The summed E-state index contributed by atoms with van der Waals surface area (Å²) >= 11 is 1.90. The van der Waals surface area contributed by atoms with Gasteiger partial charge in [-0.2, -0.15) is 11.8 Å². The van der Waals surface area contributed by atoms with Gasteiger partial charge in [0.1, 0.15) is 5.44 Å². The fourth-order valence-corrected chi connectivity index (χ4v) is 6.32. The van der Waals surface area contributed by atoms with Crippen molar-refractivity contribution in [2.75, 3.05) is 18.9 Å². The summed E-state index contributed by atoms with van der Waals surface area (Å²) in [5.41, 5.74) is 0.101. The van der Waals surface area contributed by atoms with Crippen LogP contribution in [0.1, 0.15) is 51.4 Å². The third kappa shape index (κ3) is 7.52. The second-order valence-electron chi connectivity index (χ2n) is 7.92. The lowest BCUT2D eigenvalue weighted by Crippen LogP contribution is -2.36. The van der Waals surface area contributed by atoms with Gasteiger partial charge < -0.3 is 30.4 Å². The summed E-state index contributed by atoms with van der Waals surface area (Å²) in [5.74, 6) is 1.04. The van der Waals surface area contributed by atoms with E-state index in [1.165, 1.54) is 12.5 Å². The molecule has 10 nitrogen and oxygen atoms in total. The van der Waals surface area contributed by atoms with Gasteiger partial charge in [-0.05, 0) is 25.7 Å². The zero-order valence-electron chi connectivity index (χ0n) is 17.5. The number of amides is 3. The van der Waals surface area contributed by atoms with Gasteiger partial charge in [-0.3, -0.25) is 9.36 Å². The van der Waals surface area contributed by atoms with E-state index in [-0.39, 0.29) is 36.1 Å². The van der Waals surface area contributed by atoms with Crippen LogP contribution in [0.4, 0.5) is 4.79 Å². The van der Waals surface area contributed by atoms with E-state index in [2.05, 4.69) is 25.9 Å². The highest BCUT2D eigenvalue weighted by Crippen LogP contribution is 2.39. The van der Waals surface area contributed by atoms with Gasteiger partial charge in [0.15, 0.2) is 0 Å². The minimum atomic E-state index is -3.80. The molecule has 2 fully saturated rings. The maximum atomic E-state index is 12.0. The van der Waals surface area contributed by atoms with Crippen molar-refractivity contribution in [1.82, 2.24) is 25.9 Å². The largest absolute Gasteiger partial charge is 0.376 e. The molecule has 1 aromatic rings. The van der Waals surface area contributed by atoms with Gasteiger partial charge in [-0.25, -0.2) is 9.78 Å². The molecular formula is C19H32N5O5PS. The lowest BCUT2D eigenvalue weighted by atomic mass is 10.0. The lowest BCUT2D eigenvalue weighted by Gasteiger charge is -2.16. The van der Waals surface area contributed by atoms with E-state index >= 15 is 0 Å². The van der Waals surface area contributed by atoms with E-state index in [1.807, 2.05) is 11.8 Å². The van der Waals surface area contributed by atoms with Crippen molar-refractivity contribution in [3.8, 4) is 0 Å². The monoisotopic (exact) mass is 473 g/mol. The Morgan fingerprint density at radius 1 is 1.26 bits per heavy atom. The standard InChI is InChI=1S/C19H32N5O5PS/c25-16(8-4-3-7-15-18-14(12-31-15)23-19(26)24-18)21-9-5-1-2-6-10-29-30(27,28)17-11-20-13-22-17/h11,13-15,18H,1-10,12H2,(H,20,22)(H,21,25)(H,27,28)(H2,23,24,26)/t14-,15-,18-/m0/s1. The maximum absolute atomic E-state index is 12.0. The Morgan fingerprint density at radius 3 is 2.90 bits per heavy atom. The molecule has 0 radical (unpaired) electrons. The first kappa shape index (κ1) is 24.1. The lowest BCUT2D eigenvalue weighted by molar-refractivity contribution is -0.121. The molecule has 1 unspecified atom stereocenters. The van der Waals surface area contributed by atoms with Gasteiger partial charge in [0.2, 0.25) is 5.91 Å². The molecule has 0 aliphatic carbocycles. The Balaban J connectivity index is 1.13. The van der Waals surface area contributed by atoms with Crippen molar-refractivity contribution >= 4 is 36.7 Å². The Kier molecular flexibility index (Phi) is 9.25. The van der Waals surface area contributed by atoms with Gasteiger partial charge >= 0.3 is 13.6 Å².